The van der Waals surface area contributed by atoms with Gasteiger partial charge in [-0.1, -0.05) is 11.6 Å². The fraction of sp³-hybridized carbons (Fsp3) is 0.600. The maximum atomic E-state index is 4.25. The fourth-order valence-electron chi connectivity index (χ4n) is 2.31. The van der Waals surface area contributed by atoms with Crippen molar-refractivity contribution < 1.29 is 0 Å². The van der Waals surface area contributed by atoms with Gasteiger partial charge in [-0.2, -0.15) is 0 Å². The SMILES string of the molecule is CC(C)Nc1cc(NCCC2=CCCCC2)ncn1. The molecule has 1 aliphatic rings. The van der Waals surface area contributed by atoms with Crippen molar-refractivity contribution >= 4 is 11.6 Å². The first-order valence-corrected chi connectivity index (χ1v) is 7.24. The number of rotatable bonds is 6. The summed E-state index contributed by atoms with van der Waals surface area (Å²) < 4.78 is 0. The molecular weight excluding hydrogens is 236 g/mol. The Hall–Kier alpha value is -1.58. The molecule has 0 atom stereocenters. The number of anilines is 2. The normalized spacial score (nSPS) is 15.2. The lowest BCUT2D eigenvalue weighted by molar-refractivity contribution is 0.679. The lowest BCUT2D eigenvalue weighted by atomic mass is 9.97. The summed E-state index contributed by atoms with van der Waals surface area (Å²) in [7, 11) is 0. The first kappa shape index (κ1) is 13.8. The van der Waals surface area contributed by atoms with Gasteiger partial charge in [0.2, 0.25) is 0 Å². The van der Waals surface area contributed by atoms with Crippen LogP contribution in [0.2, 0.25) is 0 Å². The standard InChI is InChI=1S/C15H24N4/c1-12(2)19-15-10-14(17-11-18-15)16-9-8-13-6-4-3-5-7-13/h6,10-12H,3-5,7-9H2,1-2H3,(H2,16,17,18,19). The molecule has 0 bridgehead atoms. The van der Waals surface area contributed by atoms with Gasteiger partial charge in [-0.15, -0.1) is 0 Å². The second kappa shape index (κ2) is 7.12. The molecule has 104 valence electrons. The summed E-state index contributed by atoms with van der Waals surface area (Å²) in [6.07, 6.45) is 10.4. The molecule has 0 unspecified atom stereocenters. The topological polar surface area (TPSA) is 49.8 Å². The Bertz CT molecular complexity index is 426. The Morgan fingerprint density at radius 2 is 2.05 bits per heavy atom. The van der Waals surface area contributed by atoms with E-state index >= 15 is 0 Å². The summed E-state index contributed by atoms with van der Waals surface area (Å²) in [6.45, 7) is 5.15. The van der Waals surface area contributed by atoms with E-state index < -0.39 is 0 Å². The van der Waals surface area contributed by atoms with Crippen molar-refractivity contribution in [1.29, 1.82) is 0 Å². The van der Waals surface area contributed by atoms with E-state index in [2.05, 4.69) is 40.5 Å². The van der Waals surface area contributed by atoms with E-state index in [1.807, 2.05) is 6.07 Å². The van der Waals surface area contributed by atoms with Crippen LogP contribution in [0.5, 0.6) is 0 Å². The van der Waals surface area contributed by atoms with Crippen LogP contribution in [-0.2, 0) is 0 Å². The number of nitrogens with one attached hydrogen (secondary N) is 2. The van der Waals surface area contributed by atoms with Crippen LogP contribution in [0.3, 0.4) is 0 Å². The third-order valence-electron chi connectivity index (χ3n) is 3.24. The predicted octanol–water partition coefficient (Wildman–Crippen LogP) is 3.60. The van der Waals surface area contributed by atoms with Gasteiger partial charge in [-0.05, 0) is 46.0 Å². The molecule has 1 aliphatic carbocycles. The average Bonchev–Trinajstić information content (AvgIpc) is 2.40. The Labute approximate surface area is 115 Å². The Morgan fingerprint density at radius 1 is 1.21 bits per heavy atom. The molecule has 19 heavy (non-hydrogen) atoms. The molecule has 4 nitrogen and oxygen atoms in total. The van der Waals surface area contributed by atoms with Gasteiger partial charge in [0.05, 0.1) is 0 Å². The third kappa shape index (κ3) is 4.89. The smallest absolute Gasteiger partial charge is 0.131 e. The van der Waals surface area contributed by atoms with Crippen LogP contribution in [-0.4, -0.2) is 22.6 Å². The molecule has 0 spiro atoms. The number of aromatic nitrogens is 2. The molecule has 0 aromatic carbocycles. The van der Waals surface area contributed by atoms with Gasteiger partial charge in [0.25, 0.3) is 0 Å². The highest BCUT2D eigenvalue weighted by molar-refractivity contribution is 5.46. The minimum absolute atomic E-state index is 0.384. The van der Waals surface area contributed by atoms with Crippen LogP contribution in [0.4, 0.5) is 11.6 Å². The lowest BCUT2D eigenvalue weighted by Crippen LogP contribution is -2.12. The Morgan fingerprint density at radius 3 is 2.79 bits per heavy atom. The molecule has 1 aromatic rings. The zero-order valence-corrected chi connectivity index (χ0v) is 11.9. The number of hydrogen-bond donors (Lipinski definition) is 2. The van der Waals surface area contributed by atoms with Crippen LogP contribution in [0.1, 0.15) is 46.0 Å². The molecule has 0 saturated heterocycles. The van der Waals surface area contributed by atoms with Crippen molar-refractivity contribution in [2.24, 2.45) is 0 Å². The van der Waals surface area contributed by atoms with Crippen molar-refractivity contribution in [2.75, 3.05) is 17.2 Å². The number of allylic oxidation sites excluding steroid dienone is 1. The second-order valence-corrected chi connectivity index (χ2v) is 5.37. The quantitative estimate of drug-likeness (QED) is 0.767. The zero-order chi connectivity index (χ0) is 13.5. The average molecular weight is 260 g/mol. The van der Waals surface area contributed by atoms with Gasteiger partial charge >= 0.3 is 0 Å². The second-order valence-electron chi connectivity index (χ2n) is 5.37. The van der Waals surface area contributed by atoms with Gasteiger partial charge in [0.1, 0.15) is 18.0 Å². The molecule has 0 saturated carbocycles. The summed E-state index contributed by atoms with van der Waals surface area (Å²) in [5, 5.41) is 6.66. The fourth-order valence-corrected chi connectivity index (χ4v) is 2.31. The van der Waals surface area contributed by atoms with E-state index in [0.29, 0.717) is 6.04 Å². The molecule has 0 radical (unpaired) electrons. The molecule has 2 N–H and O–H groups in total. The molecule has 4 heteroatoms. The minimum atomic E-state index is 0.384. The molecule has 2 rings (SSSR count). The Kier molecular flexibility index (Phi) is 5.19. The zero-order valence-electron chi connectivity index (χ0n) is 11.9. The highest BCUT2D eigenvalue weighted by Gasteiger charge is 2.04. The summed E-state index contributed by atoms with van der Waals surface area (Å²) >= 11 is 0. The van der Waals surface area contributed by atoms with Crippen LogP contribution < -0.4 is 10.6 Å². The maximum absolute atomic E-state index is 4.25. The van der Waals surface area contributed by atoms with Crippen molar-refractivity contribution in [1.82, 2.24) is 9.97 Å². The lowest BCUT2D eigenvalue weighted by Gasteiger charge is -2.14. The van der Waals surface area contributed by atoms with Gasteiger partial charge in [0.15, 0.2) is 0 Å². The van der Waals surface area contributed by atoms with Crippen LogP contribution >= 0.6 is 0 Å². The van der Waals surface area contributed by atoms with Gasteiger partial charge in [-0.3, -0.25) is 0 Å². The van der Waals surface area contributed by atoms with E-state index in [9.17, 15) is 0 Å². The molecule has 1 aromatic heterocycles. The summed E-state index contributed by atoms with van der Waals surface area (Å²) in [6, 6.07) is 2.35. The number of nitrogens with zero attached hydrogens (tertiary/aromatic N) is 2. The predicted molar refractivity (Wildman–Crippen MR) is 80.4 cm³/mol. The summed E-state index contributed by atoms with van der Waals surface area (Å²) in [4.78, 5) is 8.45. The highest BCUT2D eigenvalue weighted by atomic mass is 15.1. The summed E-state index contributed by atoms with van der Waals surface area (Å²) in [5.74, 6) is 1.78. The van der Waals surface area contributed by atoms with E-state index in [-0.39, 0.29) is 0 Å². The maximum Gasteiger partial charge on any atom is 0.131 e. The van der Waals surface area contributed by atoms with Crippen LogP contribution in [0.15, 0.2) is 24.0 Å². The van der Waals surface area contributed by atoms with Gasteiger partial charge in [-0.25, -0.2) is 9.97 Å². The van der Waals surface area contributed by atoms with Gasteiger partial charge in [0, 0.05) is 18.7 Å². The molecule has 1 heterocycles. The first-order chi connectivity index (χ1) is 9.24. The van der Waals surface area contributed by atoms with Crippen molar-refractivity contribution in [3.05, 3.63) is 24.0 Å². The van der Waals surface area contributed by atoms with E-state index in [4.69, 9.17) is 0 Å². The third-order valence-corrected chi connectivity index (χ3v) is 3.24. The van der Waals surface area contributed by atoms with E-state index in [0.717, 1.165) is 24.6 Å². The Balaban J connectivity index is 1.80. The largest absolute Gasteiger partial charge is 0.370 e. The number of hydrogen-bond acceptors (Lipinski definition) is 4. The van der Waals surface area contributed by atoms with Crippen molar-refractivity contribution in [2.45, 2.75) is 52.0 Å². The monoisotopic (exact) mass is 260 g/mol. The molecule has 0 amide bonds. The highest BCUT2D eigenvalue weighted by Crippen LogP contribution is 2.20. The molecule has 0 aliphatic heterocycles. The van der Waals surface area contributed by atoms with Crippen LogP contribution in [0, 0.1) is 0 Å². The summed E-state index contributed by atoms with van der Waals surface area (Å²) in [5.41, 5.74) is 1.59. The van der Waals surface area contributed by atoms with Gasteiger partial charge < -0.3 is 10.6 Å². The first-order valence-electron chi connectivity index (χ1n) is 7.24. The van der Waals surface area contributed by atoms with E-state index in [1.165, 1.54) is 25.7 Å². The molecule has 0 fully saturated rings. The minimum Gasteiger partial charge on any atom is -0.370 e. The van der Waals surface area contributed by atoms with Crippen molar-refractivity contribution in [3.8, 4) is 0 Å². The molecular formula is C15H24N4. The van der Waals surface area contributed by atoms with Crippen LogP contribution in [0.25, 0.3) is 0 Å². The van der Waals surface area contributed by atoms with E-state index in [1.54, 1.807) is 11.9 Å². The van der Waals surface area contributed by atoms with Crippen molar-refractivity contribution in [3.63, 3.8) is 0 Å².